The molecule has 0 spiro atoms. The number of carbonyl (C=O) groups is 2. The number of esters is 2. The summed E-state index contributed by atoms with van der Waals surface area (Å²) in [5.74, 6) is -0.489. The van der Waals surface area contributed by atoms with Gasteiger partial charge in [-0.15, -0.1) is 0 Å². The van der Waals surface area contributed by atoms with Crippen LogP contribution in [0.4, 0.5) is 5.69 Å². The highest BCUT2D eigenvalue weighted by Crippen LogP contribution is 2.30. The standard InChI is InChI=1S/C28H22N2O7/c1-3-35-25-17-20(16-23-28(32)37-27(29-23)21-6-4-5-18(2)15-21)9-13-24(25)36-26(31)14-10-19-7-11-22(12-8-19)30(33)34/h4-17H,3H2,1-2H3/b14-10+,23-16-. The van der Waals surface area contributed by atoms with Crippen molar-refractivity contribution in [2.75, 3.05) is 6.61 Å². The van der Waals surface area contributed by atoms with Crippen molar-refractivity contribution < 1.29 is 28.7 Å². The second kappa shape index (κ2) is 11.1. The van der Waals surface area contributed by atoms with Gasteiger partial charge in [-0.05, 0) is 73.5 Å². The van der Waals surface area contributed by atoms with Gasteiger partial charge in [-0.1, -0.05) is 23.8 Å². The fourth-order valence-corrected chi connectivity index (χ4v) is 3.45. The Morgan fingerprint density at radius 1 is 1.05 bits per heavy atom. The van der Waals surface area contributed by atoms with E-state index in [9.17, 15) is 19.7 Å². The van der Waals surface area contributed by atoms with Gasteiger partial charge in [-0.3, -0.25) is 10.1 Å². The average molecular weight is 498 g/mol. The minimum atomic E-state index is -0.655. The minimum Gasteiger partial charge on any atom is -0.490 e. The van der Waals surface area contributed by atoms with Crippen LogP contribution in [-0.2, 0) is 14.3 Å². The number of aliphatic imine (C=N–C) groups is 1. The Kier molecular flexibility index (Phi) is 7.53. The van der Waals surface area contributed by atoms with Crippen molar-refractivity contribution in [2.45, 2.75) is 13.8 Å². The van der Waals surface area contributed by atoms with Crippen LogP contribution in [-0.4, -0.2) is 29.4 Å². The van der Waals surface area contributed by atoms with Crippen LogP contribution in [0.15, 0.2) is 83.5 Å². The summed E-state index contributed by atoms with van der Waals surface area (Å²) >= 11 is 0. The highest BCUT2D eigenvalue weighted by molar-refractivity contribution is 6.12. The number of benzene rings is 3. The van der Waals surface area contributed by atoms with Crippen molar-refractivity contribution in [2.24, 2.45) is 4.99 Å². The molecule has 0 saturated carbocycles. The Morgan fingerprint density at radius 3 is 2.51 bits per heavy atom. The van der Waals surface area contributed by atoms with Crippen LogP contribution in [0.5, 0.6) is 11.5 Å². The Morgan fingerprint density at radius 2 is 1.81 bits per heavy atom. The number of carbonyl (C=O) groups excluding carboxylic acids is 2. The van der Waals surface area contributed by atoms with E-state index in [2.05, 4.69) is 4.99 Å². The van der Waals surface area contributed by atoms with Crippen molar-refractivity contribution in [1.29, 1.82) is 0 Å². The number of nitro groups is 1. The van der Waals surface area contributed by atoms with Crippen molar-refractivity contribution >= 4 is 35.7 Å². The molecule has 3 aromatic carbocycles. The Labute approximate surface area is 212 Å². The average Bonchev–Trinajstić information content (AvgIpc) is 3.24. The molecular weight excluding hydrogens is 476 g/mol. The molecule has 9 nitrogen and oxygen atoms in total. The van der Waals surface area contributed by atoms with Gasteiger partial charge < -0.3 is 14.2 Å². The van der Waals surface area contributed by atoms with E-state index in [0.717, 1.165) is 5.56 Å². The number of hydrogen-bond donors (Lipinski definition) is 0. The number of nitrogens with zero attached hydrogens (tertiary/aromatic N) is 2. The molecule has 0 aliphatic carbocycles. The molecule has 0 atom stereocenters. The highest BCUT2D eigenvalue weighted by Gasteiger charge is 2.24. The van der Waals surface area contributed by atoms with E-state index in [0.29, 0.717) is 29.0 Å². The van der Waals surface area contributed by atoms with E-state index >= 15 is 0 Å². The number of hydrogen-bond acceptors (Lipinski definition) is 8. The van der Waals surface area contributed by atoms with Crippen LogP contribution >= 0.6 is 0 Å². The summed E-state index contributed by atoms with van der Waals surface area (Å²) in [6.45, 7) is 4.05. The van der Waals surface area contributed by atoms with Crippen molar-refractivity contribution in [3.8, 4) is 11.5 Å². The van der Waals surface area contributed by atoms with Gasteiger partial charge in [0.05, 0.1) is 11.5 Å². The number of cyclic esters (lactones) is 1. The predicted octanol–water partition coefficient (Wildman–Crippen LogP) is 5.27. The molecule has 4 rings (SSSR count). The lowest BCUT2D eigenvalue weighted by atomic mass is 10.1. The van der Waals surface area contributed by atoms with Crippen LogP contribution in [0.25, 0.3) is 12.2 Å². The number of nitro benzene ring substituents is 1. The minimum absolute atomic E-state index is 0.0425. The molecule has 0 aromatic heterocycles. The Balaban J connectivity index is 1.50. The predicted molar refractivity (Wildman–Crippen MR) is 137 cm³/mol. The van der Waals surface area contributed by atoms with E-state index < -0.39 is 16.9 Å². The molecule has 186 valence electrons. The summed E-state index contributed by atoms with van der Waals surface area (Å²) < 4.78 is 16.4. The molecule has 0 bridgehead atoms. The molecule has 0 amide bonds. The van der Waals surface area contributed by atoms with E-state index in [-0.39, 0.29) is 23.0 Å². The second-order valence-electron chi connectivity index (χ2n) is 7.95. The number of non-ortho nitro benzene ring substituents is 1. The molecule has 0 saturated heterocycles. The summed E-state index contributed by atoms with van der Waals surface area (Å²) in [4.78, 5) is 39.3. The first-order valence-electron chi connectivity index (χ1n) is 11.3. The fourth-order valence-electron chi connectivity index (χ4n) is 3.45. The largest absolute Gasteiger partial charge is 0.490 e. The number of aryl methyl sites for hydroxylation is 1. The lowest BCUT2D eigenvalue weighted by molar-refractivity contribution is -0.384. The van der Waals surface area contributed by atoms with Gasteiger partial charge in [0.1, 0.15) is 0 Å². The third-order valence-corrected chi connectivity index (χ3v) is 5.18. The van der Waals surface area contributed by atoms with E-state index in [1.165, 1.54) is 36.4 Å². The SMILES string of the molecule is CCOc1cc(/C=C2\N=C(c3cccc(C)c3)OC2=O)ccc1OC(=O)/C=C/c1ccc([N+](=O)[O-])cc1. The van der Waals surface area contributed by atoms with Gasteiger partial charge in [-0.2, -0.15) is 0 Å². The molecule has 0 unspecified atom stereocenters. The van der Waals surface area contributed by atoms with Gasteiger partial charge in [-0.25, -0.2) is 14.6 Å². The first-order chi connectivity index (χ1) is 17.8. The summed E-state index contributed by atoms with van der Waals surface area (Å²) in [7, 11) is 0. The van der Waals surface area contributed by atoms with Crippen LogP contribution < -0.4 is 9.47 Å². The quantitative estimate of drug-likeness (QED) is 0.137. The molecule has 37 heavy (non-hydrogen) atoms. The van der Waals surface area contributed by atoms with Gasteiger partial charge in [0.15, 0.2) is 17.2 Å². The third kappa shape index (κ3) is 6.34. The van der Waals surface area contributed by atoms with E-state index in [1.54, 1.807) is 31.2 Å². The maximum Gasteiger partial charge on any atom is 0.363 e. The van der Waals surface area contributed by atoms with Gasteiger partial charge in [0, 0.05) is 23.8 Å². The molecule has 1 aliphatic heterocycles. The molecule has 1 aliphatic rings. The molecule has 0 N–H and O–H groups in total. The molecule has 1 heterocycles. The van der Waals surface area contributed by atoms with E-state index in [4.69, 9.17) is 14.2 Å². The highest BCUT2D eigenvalue weighted by atomic mass is 16.6. The summed E-state index contributed by atoms with van der Waals surface area (Å²) in [5, 5.41) is 10.8. The summed E-state index contributed by atoms with van der Waals surface area (Å²) in [5.41, 5.74) is 3.02. The Bertz CT molecular complexity index is 1450. The maximum atomic E-state index is 12.4. The van der Waals surface area contributed by atoms with Crippen LogP contribution in [0.3, 0.4) is 0 Å². The molecule has 0 fully saturated rings. The second-order valence-corrected chi connectivity index (χ2v) is 7.95. The summed E-state index contributed by atoms with van der Waals surface area (Å²) in [6.07, 6.45) is 4.26. The molecule has 9 heteroatoms. The van der Waals surface area contributed by atoms with Crippen molar-refractivity contribution in [3.63, 3.8) is 0 Å². The van der Waals surface area contributed by atoms with Gasteiger partial charge in [0.2, 0.25) is 5.90 Å². The first kappa shape index (κ1) is 25.1. The zero-order valence-electron chi connectivity index (χ0n) is 20.0. The molecule has 0 radical (unpaired) electrons. The van der Waals surface area contributed by atoms with Crippen molar-refractivity contribution in [3.05, 3.63) is 111 Å². The zero-order chi connectivity index (χ0) is 26.4. The lowest BCUT2D eigenvalue weighted by Gasteiger charge is -2.10. The third-order valence-electron chi connectivity index (χ3n) is 5.18. The first-order valence-corrected chi connectivity index (χ1v) is 11.3. The van der Waals surface area contributed by atoms with Crippen molar-refractivity contribution in [1.82, 2.24) is 0 Å². The Hall–Kier alpha value is -5.05. The lowest BCUT2D eigenvalue weighted by Crippen LogP contribution is -2.06. The molecular formula is C28H22N2O7. The summed E-state index contributed by atoms with van der Waals surface area (Å²) in [6, 6.07) is 18.1. The topological polar surface area (TPSA) is 117 Å². The van der Waals surface area contributed by atoms with Crippen LogP contribution in [0.2, 0.25) is 0 Å². The number of ether oxygens (including phenoxy) is 3. The normalized spacial score (nSPS) is 13.9. The van der Waals surface area contributed by atoms with Crippen LogP contribution in [0, 0.1) is 17.0 Å². The monoisotopic (exact) mass is 498 g/mol. The zero-order valence-corrected chi connectivity index (χ0v) is 20.0. The van der Waals surface area contributed by atoms with Gasteiger partial charge >= 0.3 is 11.9 Å². The smallest absolute Gasteiger partial charge is 0.363 e. The molecule has 3 aromatic rings. The van der Waals surface area contributed by atoms with E-state index in [1.807, 2.05) is 31.2 Å². The maximum absolute atomic E-state index is 12.4. The fraction of sp³-hybridized carbons (Fsp3) is 0.107. The van der Waals surface area contributed by atoms with Gasteiger partial charge in [0.25, 0.3) is 5.69 Å². The number of rotatable bonds is 8. The van der Waals surface area contributed by atoms with Crippen LogP contribution in [0.1, 0.15) is 29.2 Å².